The number of carbonyl (C=O) groups excluding carboxylic acids is 1. The first kappa shape index (κ1) is 12.5. The van der Waals surface area contributed by atoms with Gasteiger partial charge in [-0.2, -0.15) is 0 Å². The molecule has 1 unspecified atom stereocenters. The molecule has 0 radical (unpaired) electrons. The molecule has 0 saturated heterocycles. The number of hydrogen-bond acceptors (Lipinski definition) is 3. The lowest BCUT2D eigenvalue weighted by Gasteiger charge is -2.23. The molecule has 0 aromatic heterocycles. The van der Waals surface area contributed by atoms with E-state index in [1.807, 2.05) is 0 Å². The van der Waals surface area contributed by atoms with Crippen LogP contribution in [0.5, 0.6) is 0 Å². The summed E-state index contributed by atoms with van der Waals surface area (Å²) in [5.74, 6) is -0.522. The van der Waals surface area contributed by atoms with Gasteiger partial charge in [0.25, 0.3) is 0 Å². The van der Waals surface area contributed by atoms with E-state index in [9.17, 15) is 4.79 Å². The summed E-state index contributed by atoms with van der Waals surface area (Å²) in [6, 6.07) is 5.16. The summed E-state index contributed by atoms with van der Waals surface area (Å²) in [5, 5.41) is 0.430. The summed E-state index contributed by atoms with van der Waals surface area (Å²) in [5.41, 5.74) is 5.18. The van der Waals surface area contributed by atoms with Gasteiger partial charge in [0.05, 0.1) is 7.11 Å². The predicted molar refractivity (Wildman–Crippen MR) is 62.7 cm³/mol. The Morgan fingerprint density at radius 3 is 2.67 bits per heavy atom. The molecule has 0 saturated carbocycles. The van der Waals surface area contributed by atoms with E-state index in [1.54, 1.807) is 25.1 Å². The van der Waals surface area contributed by atoms with Crippen LogP contribution in [-0.2, 0) is 15.1 Å². The second-order valence-corrected chi connectivity index (χ2v) is 4.64. The molecule has 5 heteroatoms. The molecule has 1 rings (SSSR count). The second kappa shape index (κ2) is 4.51. The summed E-state index contributed by atoms with van der Waals surface area (Å²) < 4.78 is 5.45. The van der Waals surface area contributed by atoms with Crippen LogP contribution in [0.4, 0.5) is 0 Å². The maximum absolute atomic E-state index is 11.5. The second-order valence-electron chi connectivity index (χ2n) is 3.32. The topological polar surface area (TPSA) is 52.3 Å². The van der Waals surface area contributed by atoms with Crippen molar-refractivity contribution in [1.82, 2.24) is 0 Å². The summed E-state index contributed by atoms with van der Waals surface area (Å²) in [6.07, 6.45) is 0. The van der Waals surface area contributed by atoms with Gasteiger partial charge in [-0.25, -0.2) is 4.79 Å². The summed E-state index contributed by atoms with van der Waals surface area (Å²) in [7, 11) is 1.29. The van der Waals surface area contributed by atoms with Crippen LogP contribution in [0, 0.1) is 0 Å². The van der Waals surface area contributed by atoms with Crippen LogP contribution in [-0.4, -0.2) is 13.1 Å². The highest BCUT2D eigenvalue weighted by Gasteiger charge is 2.33. The zero-order valence-electron chi connectivity index (χ0n) is 8.38. The molecule has 82 valence electrons. The average Bonchev–Trinajstić information content (AvgIpc) is 2.15. The lowest BCUT2D eigenvalue weighted by molar-refractivity contribution is -0.146. The van der Waals surface area contributed by atoms with E-state index in [0.717, 1.165) is 4.47 Å². The van der Waals surface area contributed by atoms with E-state index in [1.165, 1.54) is 7.11 Å². The predicted octanol–water partition coefficient (Wildman–Crippen LogP) is 2.45. The molecule has 0 bridgehead atoms. The van der Waals surface area contributed by atoms with Crippen LogP contribution in [0.3, 0.4) is 0 Å². The van der Waals surface area contributed by atoms with Gasteiger partial charge in [0, 0.05) is 15.1 Å². The fourth-order valence-electron chi connectivity index (χ4n) is 1.23. The zero-order valence-corrected chi connectivity index (χ0v) is 10.7. The van der Waals surface area contributed by atoms with Crippen molar-refractivity contribution < 1.29 is 9.53 Å². The van der Waals surface area contributed by atoms with Crippen molar-refractivity contribution in [3.05, 3.63) is 33.3 Å². The molecule has 0 aliphatic carbocycles. The van der Waals surface area contributed by atoms with E-state index in [2.05, 4.69) is 20.7 Å². The van der Waals surface area contributed by atoms with Gasteiger partial charge < -0.3 is 10.5 Å². The van der Waals surface area contributed by atoms with Gasteiger partial charge in [-0.3, -0.25) is 0 Å². The molecule has 0 aliphatic rings. The minimum Gasteiger partial charge on any atom is -0.467 e. The molecule has 15 heavy (non-hydrogen) atoms. The number of hydrogen-bond donors (Lipinski definition) is 1. The number of carbonyl (C=O) groups is 1. The van der Waals surface area contributed by atoms with Crippen molar-refractivity contribution in [2.24, 2.45) is 5.73 Å². The van der Waals surface area contributed by atoms with Gasteiger partial charge in [-0.05, 0) is 19.1 Å². The zero-order chi connectivity index (χ0) is 11.6. The van der Waals surface area contributed by atoms with E-state index in [0.29, 0.717) is 10.6 Å². The van der Waals surface area contributed by atoms with E-state index in [-0.39, 0.29) is 0 Å². The smallest absolute Gasteiger partial charge is 0.330 e. The first-order chi connectivity index (χ1) is 6.89. The van der Waals surface area contributed by atoms with Crippen LogP contribution in [0.2, 0.25) is 5.02 Å². The largest absolute Gasteiger partial charge is 0.467 e. The lowest BCUT2D eigenvalue weighted by atomic mass is 9.93. The maximum Gasteiger partial charge on any atom is 0.330 e. The number of esters is 1. The third-order valence-electron chi connectivity index (χ3n) is 2.10. The molecule has 3 nitrogen and oxygen atoms in total. The van der Waals surface area contributed by atoms with Gasteiger partial charge in [-0.15, -0.1) is 0 Å². The maximum atomic E-state index is 11.5. The number of rotatable bonds is 2. The highest BCUT2D eigenvalue weighted by molar-refractivity contribution is 9.10. The number of halogens is 2. The Morgan fingerprint density at radius 1 is 1.60 bits per heavy atom. The Morgan fingerprint density at radius 2 is 2.20 bits per heavy atom. The van der Waals surface area contributed by atoms with Crippen molar-refractivity contribution in [3.8, 4) is 0 Å². The minimum absolute atomic E-state index is 0.430. The molecule has 1 aromatic carbocycles. The monoisotopic (exact) mass is 291 g/mol. The average molecular weight is 293 g/mol. The third kappa shape index (κ3) is 2.51. The van der Waals surface area contributed by atoms with Gasteiger partial charge in [0.15, 0.2) is 0 Å². The molecule has 2 N–H and O–H groups in total. The van der Waals surface area contributed by atoms with E-state index in [4.69, 9.17) is 17.3 Å². The SMILES string of the molecule is COC(=O)C(C)(N)c1ccc(Br)cc1Cl. The molecule has 0 fully saturated rings. The highest BCUT2D eigenvalue weighted by atomic mass is 79.9. The highest BCUT2D eigenvalue weighted by Crippen LogP contribution is 2.29. The molecular weight excluding hydrogens is 281 g/mol. The Hall–Kier alpha value is -0.580. The van der Waals surface area contributed by atoms with E-state index >= 15 is 0 Å². The number of methoxy groups -OCH3 is 1. The van der Waals surface area contributed by atoms with Crippen molar-refractivity contribution in [3.63, 3.8) is 0 Å². The van der Waals surface area contributed by atoms with Gasteiger partial charge >= 0.3 is 5.97 Å². The fraction of sp³-hybridized carbons (Fsp3) is 0.300. The molecule has 0 amide bonds. The van der Waals surface area contributed by atoms with Crippen LogP contribution >= 0.6 is 27.5 Å². The molecule has 1 aromatic rings. The van der Waals surface area contributed by atoms with Crippen molar-refractivity contribution in [2.45, 2.75) is 12.5 Å². The summed E-state index contributed by atoms with van der Waals surface area (Å²) in [4.78, 5) is 11.5. The Kier molecular flexibility index (Phi) is 3.76. The normalized spacial score (nSPS) is 14.5. The Bertz CT molecular complexity index is 393. The Balaban J connectivity index is 3.21. The number of benzene rings is 1. The minimum atomic E-state index is -1.23. The fourth-order valence-corrected chi connectivity index (χ4v) is 2.10. The summed E-state index contributed by atoms with van der Waals surface area (Å²) in [6.45, 7) is 1.56. The van der Waals surface area contributed by atoms with Crippen molar-refractivity contribution in [2.75, 3.05) is 7.11 Å². The van der Waals surface area contributed by atoms with Crippen LogP contribution in [0.25, 0.3) is 0 Å². The quantitative estimate of drug-likeness (QED) is 0.852. The van der Waals surface area contributed by atoms with Crippen LogP contribution in [0.1, 0.15) is 12.5 Å². The number of nitrogens with two attached hydrogens (primary N) is 1. The van der Waals surface area contributed by atoms with Crippen LogP contribution < -0.4 is 5.73 Å². The molecule has 0 heterocycles. The first-order valence-electron chi connectivity index (χ1n) is 4.22. The molecule has 0 aliphatic heterocycles. The number of ether oxygens (including phenoxy) is 1. The summed E-state index contributed by atoms with van der Waals surface area (Å²) >= 11 is 9.27. The van der Waals surface area contributed by atoms with Crippen molar-refractivity contribution in [1.29, 1.82) is 0 Å². The van der Waals surface area contributed by atoms with Gasteiger partial charge in [0.1, 0.15) is 5.54 Å². The standard InChI is InChI=1S/C10H11BrClNO2/c1-10(13,9(14)15-2)7-4-3-6(11)5-8(7)12/h3-5H,13H2,1-2H3. The van der Waals surface area contributed by atoms with Crippen LogP contribution in [0.15, 0.2) is 22.7 Å². The molecule has 1 atom stereocenters. The third-order valence-corrected chi connectivity index (χ3v) is 2.91. The molecular formula is C10H11BrClNO2. The van der Waals surface area contributed by atoms with E-state index < -0.39 is 11.5 Å². The lowest BCUT2D eigenvalue weighted by Crippen LogP contribution is -2.42. The molecule has 0 spiro atoms. The van der Waals surface area contributed by atoms with Gasteiger partial charge in [0.2, 0.25) is 0 Å². The van der Waals surface area contributed by atoms with Gasteiger partial charge in [-0.1, -0.05) is 33.6 Å². The first-order valence-corrected chi connectivity index (χ1v) is 5.39. The van der Waals surface area contributed by atoms with Crippen molar-refractivity contribution >= 4 is 33.5 Å². The Labute approximate surface area is 102 Å².